The van der Waals surface area contributed by atoms with Crippen LogP contribution in [0.15, 0.2) is 12.1 Å². The summed E-state index contributed by atoms with van der Waals surface area (Å²) in [5.41, 5.74) is 2.50. The summed E-state index contributed by atoms with van der Waals surface area (Å²) in [5, 5.41) is 12.1. The second-order valence-corrected chi connectivity index (χ2v) is 6.12. The first kappa shape index (κ1) is 13.2. The summed E-state index contributed by atoms with van der Waals surface area (Å²) < 4.78 is 0. The molecule has 2 aliphatic carbocycles. The van der Waals surface area contributed by atoms with Crippen LogP contribution in [-0.2, 0) is 4.79 Å². The molecule has 1 aromatic rings. The number of hydrogen-bond acceptors (Lipinski definition) is 2. The Bertz CT molecular complexity index is 590. The van der Waals surface area contributed by atoms with Crippen molar-refractivity contribution in [3.63, 3.8) is 0 Å². The maximum absolute atomic E-state index is 12.2. The van der Waals surface area contributed by atoms with Crippen molar-refractivity contribution >= 4 is 17.6 Å². The van der Waals surface area contributed by atoms with E-state index in [4.69, 9.17) is 5.11 Å². The van der Waals surface area contributed by atoms with Gasteiger partial charge in [0.2, 0.25) is 5.91 Å². The highest BCUT2D eigenvalue weighted by molar-refractivity contribution is 5.97. The van der Waals surface area contributed by atoms with Crippen LogP contribution in [0.3, 0.4) is 0 Å². The molecule has 0 aromatic heterocycles. The van der Waals surface area contributed by atoms with Gasteiger partial charge in [-0.15, -0.1) is 0 Å². The second kappa shape index (κ2) is 4.62. The molecule has 0 radical (unpaired) electrons. The van der Waals surface area contributed by atoms with Gasteiger partial charge >= 0.3 is 5.97 Å². The van der Waals surface area contributed by atoms with Crippen LogP contribution in [-0.4, -0.2) is 17.0 Å². The molecule has 0 heterocycles. The monoisotopic (exact) mass is 273 g/mol. The fraction of sp³-hybridized carbons (Fsp3) is 0.500. The van der Waals surface area contributed by atoms with Gasteiger partial charge in [0.15, 0.2) is 0 Å². The fourth-order valence-electron chi connectivity index (χ4n) is 3.00. The van der Waals surface area contributed by atoms with E-state index < -0.39 is 5.97 Å². The van der Waals surface area contributed by atoms with Crippen molar-refractivity contribution in [3.8, 4) is 0 Å². The van der Waals surface area contributed by atoms with E-state index in [2.05, 4.69) is 5.32 Å². The van der Waals surface area contributed by atoms with Gasteiger partial charge in [-0.25, -0.2) is 4.79 Å². The number of amides is 1. The normalized spacial score (nSPS) is 24.3. The summed E-state index contributed by atoms with van der Waals surface area (Å²) in [6.07, 6.45) is 3.52. The van der Waals surface area contributed by atoms with Gasteiger partial charge in [-0.1, -0.05) is 6.07 Å². The van der Waals surface area contributed by atoms with E-state index in [1.807, 2.05) is 13.0 Å². The third kappa shape index (κ3) is 2.42. The van der Waals surface area contributed by atoms with E-state index in [0.29, 0.717) is 11.6 Å². The van der Waals surface area contributed by atoms with Crippen molar-refractivity contribution in [2.45, 2.75) is 33.1 Å². The molecule has 2 atom stereocenters. The summed E-state index contributed by atoms with van der Waals surface area (Å²) in [5.74, 6) is 0.557. The minimum Gasteiger partial charge on any atom is -0.478 e. The van der Waals surface area contributed by atoms with Gasteiger partial charge in [-0.05, 0) is 62.1 Å². The maximum Gasteiger partial charge on any atom is 0.336 e. The maximum atomic E-state index is 12.2. The molecule has 1 amide bonds. The molecule has 4 nitrogen and oxygen atoms in total. The zero-order valence-corrected chi connectivity index (χ0v) is 11.8. The van der Waals surface area contributed by atoms with E-state index in [9.17, 15) is 9.59 Å². The van der Waals surface area contributed by atoms with Crippen molar-refractivity contribution in [2.24, 2.45) is 17.8 Å². The van der Waals surface area contributed by atoms with Crippen molar-refractivity contribution in [1.82, 2.24) is 0 Å². The van der Waals surface area contributed by atoms with E-state index in [-0.39, 0.29) is 17.4 Å². The van der Waals surface area contributed by atoms with Crippen LogP contribution in [0.5, 0.6) is 0 Å². The Kier molecular flexibility index (Phi) is 3.04. The molecule has 2 saturated carbocycles. The van der Waals surface area contributed by atoms with E-state index >= 15 is 0 Å². The van der Waals surface area contributed by atoms with Crippen LogP contribution in [0.1, 0.15) is 40.7 Å². The first-order valence-corrected chi connectivity index (χ1v) is 7.12. The Hall–Kier alpha value is -1.84. The molecule has 0 saturated heterocycles. The van der Waals surface area contributed by atoms with Crippen molar-refractivity contribution < 1.29 is 14.7 Å². The highest BCUT2D eigenvalue weighted by Gasteiger charge is 2.51. The molecule has 3 rings (SSSR count). The number of hydrogen-bond donors (Lipinski definition) is 2. The van der Waals surface area contributed by atoms with Crippen molar-refractivity contribution in [2.75, 3.05) is 5.32 Å². The van der Waals surface area contributed by atoms with Crippen LogP contribution in [0.25, 0.3) is 0 Å². The number of aromatic carboxylic acids is 1. The lowest BCUT2D eigenvalue weighted by atomic mass is 10.0. The Morgan fingerprint density at radius 1 is 1.20 bits per heavy atom. The number of carboxylic acid groups (broad SMARTS) is 1. The quantitative estimate of drug-likeness (QED) is 0.886. The highest BCUT2D eigenvalue weighted by Crippen LogP contribution is 2.54. The minimum absolute atomic E-state index is 0.0465. The molecule has 2 aliphatic rings. The first-order chi connectivity index (χ1) is 9.47. The summed E-state index contributed by atoms with van der Waals surface area (Å²) in [4.78, 5) is 23.3. The topological polar surface area (TPSA) is 66.4 Å². The lowest BCUT2D eigenvalue weighted by Gasteiger charge is -2.11. The van der Waals surface area contributed by atoms with E-state index in [0.717, 1.165) is 23.5 Å². The van der Waals surface area contributed by atoms with E-state index in [1.54, 1.807) is 13.0 Å². The second-order valence-electron chi connectivity index (χ2n) is 6.12. The van der Waals surface area contributed by atoms with Gasteiger partial charge in [0.25, 0.3) is 0 Å². The SMILES string of the molecule is Cc1cc(C)c(C(=O)O)cc1NC(=O)C1CC1C1CC1. The molecule has 4 heteroatoms. The summed E-state index contributed by atoms with van der Waals surface area (Å²) in [6, 6.07) is 3.38. The molecule has 2 N–H and O–H groups in total. The summed E-state index contributed by atoms with van der Waals surface area (Å²) in [7, 11) is 0. The zero-order valence-electron chi connectivity index (χ0n) is 11.8. The van der Waals surface area contributed by atoms with Gasteiger partial charge in [0.05, 0.1) is 5.56 Å². The number of carbonyl (C=O) groups excluding carboxylic acids is 1. The number of nitrogens with one attached hydrogen (secondary N) is 1. The number of carbonyl (C=O) groups is 2. The zero-order chi connectivity index (χ0) is 14.4. The third-order valence-electron chi connectivity index (χ3n) is 4.46. The Balaban J connectivity index is 1.75. The largest absolute Gasteiger partial charge is 0.478 e. The molecule has 20 heavy (non-hydrogen) atoms. The standard InChI is InChI=1S/C16H19NO3/c1-8-5-9(2)14(7-11(8)16(19)20)17-15(18)13-6-12(13)10-3-4-10/h5,7,10,12-13H,3-4,6H2,1-2H3,(H,17,18)(H,19,20). The summed E-state index contributed by atoms with van der Waals surface area (Å²) >= 11 is 0. The van der Waals surface area contributed by atoms with Crippen LogP contribution in [0, 0.1) is 31.6 Å². The molecular formula is C16H19NO3. The summed E-state index contributed by atoms with van der Waals surface area (Å²) in [6.45, 7) is 3.66. The van der Waals surface area contributed by atoms with Gasteiger partial charge in [0.1, 0.15) is 0 Å². The van der Waals surface area contributed by atoms with Crippen LogP contribution in [0.4, 0.5) is 5.69 Å². The molecule has 0 bridgehead atoms. The number of aryl methyl sites for hydroxylation is 2. The van der Waals surface area contributed by atoms with Crippen molar-refractivity contribution in [1.29, 1.82) is 0 Å². The van der Waals surface area contributed by atoms with Gasteiger partial charge in [-0.2, -0.15) is 0 Å². The lowest BCUT2D eigenvalue weighted by molar-refractivity contribution is -0.117. The van der Waals surface area contributed by atoms with Crippen molar-refractivity contribution in [3.05, 3.63) is 28.8 Å². The predicted octanol–water partition coefficient (Wildman–Crippen LogP) is 2.99. The Morgan fingerprint density at radius 3 is 2.50 bits per heavy atom. The number of rotatable bonds is 4. The van der Waals surface area contributed by atoms with Crippen LogP contribution >= 0.6 is 0 Å². The molecule has 2 unspecified atom stereocenters. The Morgan fingerprint density at radius 2 is 1.90 bits per heavy atom. The number of benzene rings is 1. The third-order valence-corrected chi connectivity index (χ3v) is 4.46. The molecule has 2 fully saturated rings. The number of carboxylic acids is 1. The molecule has 0 spiro atoms. The first-order valence-electron chi connectivity index (χ1n) is 7.12. The molecule has 0 aliphatic heterocycles. The molecule has 106 valence electrons. The smallest absolute Gasteiger partial charge is 0.336 e. The van der Waals surface area contributed by atoms with Gasteiger partial charge < -0.3 is 10.4 Å². The highest BCUT2D eigenvalue weighted by atomic mass is 16.4. The van der Waals surface area contributed by atoms with E-state index in [1.165, 1.54) is 12.8 Å². The molecule has 1 aromatic carbocycles. The average molecular weight is 273 g/mol. The fourth-order valence-corrected chi connectivity index (χ4v) is 3.00. The predicted molar refractivity (Wildman–Crippen MR) is 75.8 cm³/mol. The van der Waals surface area contributed by atoms with Gasteiger partial charge in [0, 0.05) is 11.6 Å². The number of anilines is 1. The van der Waals surface area contributed by atoms with Crippen LogP contribution < -0.4 is 5.32 Å². The van der Waals surface area contributed by atoms with Gasteiger partial charge in [-0.3, -0.25) is 4.79 Å². The van der Waals surface area contributed by atoms with Crippen LogP contribution in [0.2, 0.25) is 0 Å². The molecular weight excluding hydrogens is 254 g/mol. The average Bonchev–Trinajstić information content (AvgIpc) is 3.24. The Labute approximate surface area is 118 Å². The lowest BCUT2D eigenvalue weighted by Crippen LogP contribution is -2.16. The minimum atomic E-state index is -0.958.